The van der Waals surface area contributed by atoms with Crippen molar-refractivity contribution in [3.8, 4) is 0 Å². The molecule has 0 unspecified atom stereocenters. The summed E-state index contributed by atoms with van der Waals surface area (Å²) in [6.07, 6.45) is 3.56. The smallest absolute Gasteiger partial charge is 0.423 e. The van der Waals surface area contributed by atoms with Crippen LogP contribution >= 0.6 is 0 Å². The molecule has 0 aliphatic carbocycles. The lowest BCUT2D eigenvalue weighted by atomic mass is 9.79. The molecule has 104 valence electrons. The standard InChI is InChI=1S/C14H21BFNO2/c1-10-4-3-5-11(2)17(10)9-12-6-13(15(18)19)8-14(16)7-12/h6-8,10-11,18-19H,3-5,9H2,1-2H3/t10-,11+. The monoisotopic (exact) mass is 265 g/mol. The molecule has 1 heterocycles. The van der Waals surface area contributed by atoms with Crippen LogP contribution in [0.3, 0.4) is 0 Å². The van der Waals surface area contributed by atoms with Gasteiger partial charge in [-0.1, -0.05) is 12.5 Å². The zero-order valence-electron chi connectivity index (χ0n) is 11.5. The summed E-state index contributed by atoms with van der Waals surface area (Å²) in [6.45, 7) is 5.04. The van der Waals surface area contributed by atoms with Gasteiger partial charge in [0.2, 0.25) is 0 Å². The van der Waals surface area contributed by atoms with E-state index in [0.29, 0.717) is 18.6 Å². The van der Waals surface area contributed by atoms with Crippen molar-refractivity contribution in [2.24, 2.45) is 0 Å². The molecule has 0 bridgehead atoms. The van der Waals surface area contributed by atoms with E-state index in [9.17, 15) is 4.39 Å². The maximum absolute atomic E-state index is 13.5. The van der Waals surface area contributed by atoms with E-state index in [-0.39, 0.29) is 5.46 Å². The number of nitrogens with zero attached hydrogens (tertiary/aromatic N) is 1. The normalized spacial score (nSPS) is 24.5. The van der Waals surface area contributed by atoms with Crippen LogP contribution in [-0.4, -0.2) is 34.2 Å². The highest BCUT2D eigenvalue weighted by Crippen LogP contribution is 2.24. The third kappa shape index (κ3) is 3.56. The van der Waals surface area contributed by atoms with E-state index < -0.39 is 12.9 Å². The van der Waals surface area contributed by atoms with Gasteiger partial charge >= 0.3 is 7.12 Å². The van der Waals surface area contributed by atoms with E-state index in [0.717, 1.165) is 24.5 Å². The van der Waals surface area contributed by atoms with Gasteiger partial charge in [0.1, 0.15) is 5.82 Å². The van der Waals surface area contributed by atoms with Crippen LogP contribution in [0, 0.1) is 5.82 Å². The molecule has 1 aliphatic rings. The van der Waals surface area contributed by atoms with Crippen LogP contribution in [0.5, 0.6) is 0 Å². The molecular formula is C14H21BFNO2. The predicted octanol–water partition coefficient (Wildman–Crippen LogP) is 1.27. The fourth-order valence-corrected chi connectivity index (χ4v) is 2.91. The van der Waals surface area contributed by atoms with Gasteiger partial charge in [-0.05, 0) is 49.8 Å². The van der Waals surface area contributed by atoms with Crippen LogP contribution in [0.15, 0.2) is 18.2 Å². The number of likely N-dealkylation sites (tertiary alicyclic amines) is 1. The maximum atomic E-state index is 13.5. The van der Waals surface area contributed by atoms with Crippen LogP contribution in [-0.2, 0) is 6.54 Å². The van der Waals surface area contributed by atoms with Gasteiger partial charge in [-0.2, -0.15) is 0 Å². The Hall–Kier alpha value is -0.905. The van der Waals surface area contributed by atoms with E-state index in [4.69, 9.17) is 10.0 Å². The first kappa shape index (κ1) is 14.5. The number of hydrogen-bond acceptors (Lipinski definition) is 3. The summed E-state index contributed by atoms with van der Waals surface area (Å²) in [5.74, 6) is -0.419. The molecule has 2 rings (SSSR count). The van der Waals surface area contributed by atoms with Crippen molar-refractivity contribution >= 4 is 12.6 Å². The first-order chi connectivity index (χ1) is 8.97. The molecule has 5 heteroatoms. The van der Waals surface area contributed by atoms with Crippen molar-refractivity contribution in [1.29, 1.82) is 0 Å². The highest BCUT2D eigenvalue weighted by molar-refractivity contribution is 6.58. The van der Waals surface area contributed by atoms with Crippen molar-refractivity contribution < 1.29 is 14.4 Å². The van der Waals surface area contributed by atoms with E-state index in [1.165, 1.54) is 12.5 Å². The van der Waals surface area contributed by atoms with Gasteiger partial charge in [0.05, 0.1) is 0 Å². The average Bonchev–Trinajstić information content (AvgIpc) is 2.33. The second-order valence-electron chi connectivity index (χ2n) is 5.57. The highest BCUT2D eigenvalue weighted by Gasteiger charge is 2.25. The van der Waals surface area contributed by atoms with Crippen molar-refractivity contribution in [2.75, 3.05) is 0 Å². The highest BCUT2D eigenvalue weighted by atomic mass is 19.1. The van der Waals surface area contributed by atoms with E-state index in [1.807, 2.05) is 0 Å². The molecule has 1 aliphatic heterocycles. The summed E-state index contributed by atoms with van der Waals surface area (Å²) in [6, 6.07) is 5.27. The largest absolute Gasteiger partial charge is 0.488 e. The second-order valence-corrected chi connectivity index (χ2v) is 5.57. The Kier molecular flexibility index (Phi) is 4.60. The molecule has 2 atom stereocenters. The Morgan fingerprint density at radius 3 is 2.42 bits per heavy atom. The molecule has 0 amide bonds. The molecule has 1 fully saturated rings. The minimum absolute atomic E-state index is 0.215. The Balaban J connectivity index is 2.17. The third-order valence-corrected chi connectivity index (χ3v) is 4.02. The van der Waals surface area contributed by atoms with Gasteiger partial charge in [-0.15, -0.1) is 0 Å². The Morgan fingerprint density at radius 1 is 1.21 bits per heavy atom. The SMILES string of the molecule is C[C@@H]1CCC[C@H](C)N1Cc1cc(F)cc(B(O)O)c1. The molecule has 1 saturated heterocycles. The second kappa shape index (κ2) is 6.03. The van der Waals surface area contributed by atoms with Crippen LogP contribution < -0.4 is 5.46 Å². The molecular weight excluding hydrogens is 244 g/mol. The number of hydrogen-bond donors (Lipinski definition) is 2. The van der Waals surface area contributed by atoms with Crippen molar-refractivity contribution in [3.05, 3.63) is 29.6 Å². The number of benzene rings is 1. The molecule has 19 heavy (non-hydrogen) atoms. The molecule has 1 aromatic rings. The first-order valence-corrected chi connectivity index (χ1v) is 6.88. The Labute approximate surface area is 114 Å². The summed E-state index contributed by atoms with van der Waals surface area (Å²) in [4.78, 5) is 2.35. The van der Waals surface area contributed by atoms with Crippen LogP contribution in [0.4, 0.5) is 4.39 Å². The summed E-state index contributed by atoms with van der Waals surface area (Å²) in [7, 11) is -1.62. The molecule has 2 N–H and O–H groups in total. The predicted molar refractivity (Wildman–Crippen MR) is 74.5 cm³/mol. The lowest BCUT2D eigenvalue weighted by Crippen LogP contribution is -2.43. The summed E-state index contributed by atoms with van der Waals surface area (Å²) in [5, 5.41) is 18.3. The number of halogens is 1. The van der Waals surface area contributed by atoms with Gasteiger partial charge in [0.25, 0.3) is 0 Å². The van der Waals surface area contributed by atoms with Crippen LogP contribution in [0.1, 0.15) is 38.7 Å². The van der Waals surface area contributed by atoms with Gasteiger partial charge in [0, 0.05) is 18.6 Å². The fraction of sp³-hybridized carbons (Fsp3) is 0.571. The van der Waals surface area contributed by atoms with Crippen molar-refractivity contribution in [1.82, 2.24) is 4.90 Å². The van der Waals surface area contributed by atoms with Gasteiger partial charge in [-0.25, -0.2) is 4.39 Å². The van der Waals surface area contributed by atoms with Crippen molar-refractivity contribution in [3.63, 3.8) is 0 Å². The molecule has 0 aromatic heterocycles. The molecule has 0 saturated carbocycles. The number of rotatable bonds is 3. The molecule has 0 radical (unpaired) electrons. The van der Waals surface area contributed by atoms with Crippen molar-refractivity contribution in [2.45, 2.75) is 51.7 Å². The van der Waals surface area contributed by atoms with Gasteiger partial charge in [-0.3, -0.25) is 4.90 Å². The zero-order chi connectivity index (χ0) is 14.0. The van der Waals surface area contributed by atoms with E-state index in [2.05, 4.69) is 18.7 Å². The third-order valence-electron chi connectivity index (χ3n) is 4.02. The molecule has 0 spiro atoms. The first-order valence-electron chi connectivity index (χ1n) is 6.88. The topological polar surface area (TPSA) is 43.7 Å². The lowest BCUT2D eigenvalue weighted by Gasteiger charge is -2.39. The quantitative estimate of drug-likeness (QED) is 0.809. The van der Waals surface area contributed by atoms with E-state index in [1.54, 1.807) is 6.07 Å². The van der Waals surface area contributed by atoms with Crippen LogP contribution in [0.2, 0.25) is 0 Å². The van der Waals surface area contributed by atoms with Gasteiger partial charge < -0.3 is 10.0 Å². The Morgan fingerprint density at radius 2 is 1.84 bits per heavy atom. The summed E-state index contributed by atoms with van der Waals surface area (Å²) >= 11 is 0. The molecule has 3 nitrogen and oxygen atoms in total. The van der Waals surface area contributed by atoms with Gasteiger partial charge in [0.15, 0.2) is 0 Å². The summed E-state index contributed by atoms with van der Waals surface area (Å²) in [5.41, 5.74) is 1.01. The summed E-state index contributed by atoms with van der Waals surface area (Å²) < 4.78 is 13.5. The fourth-order valence-electron chi connectivity index (χ4n) is 2.91. The number of piperidine rings is 1. The average molecular weight is 265 g/mol. The van der Waals surface area contributed by atoms with E-state index >= 15 is 0 Å². The minimum atomic E-state index is -1.62. The zero-order valence-corrected chi connectivity index (χ0v) is 11.5. The maximum Gasteiger partial charge on any atom is 0.488 e. The lowest BCUT2D eigenvalue weighted by molar-refractivity contribution is 0.0952. The Bertz CT molecular complexity index is 431. The molecule has 1 aromatic carbocycles. The minimum Gasteiger partial charge on any atom is -0.423 e. The van der Waals surface area contributed by atoms with Crippen LogP contribution in [0.25, 0.3) is 0 Å².